The van der Waals surface area contributed by atoms with Gasteiger partial charge in [0.05, 0.1) is 5.56 Å². The second-order valence-electron chi connectivity index (χ2n) is 4.85. The zero-order valence-corrected chi connectivity index (χ0v) is 13.2. The van der Waals surface area contributed by atoms with Crippen LogP contribution in [0.4, 0.5) is 5.82 Å². The average Bonchev–Trinajstić information content (AvgIpc) is 2.46. The summed E-state index contributed by atoms with van der Waals surface area (Å²) < 4.78 is 0. The molecule has 1 atom stereocenters. The number of rotatable bonds is 8. The predicted octanol–water partition coefficient (Wildman–Crippen LogP) is 3.53. The summed E-state index contributed by atoms with van der Waals surface area (Å²) >= 11 is 6.13. The Labute approximate surface area is 126 Å². The normalized spacial score (nSPS) is 12.2. The topological polar surface area (TPSA) is 52.0 Å². The van der Waals surface area contributed by atoms with Crippen molar-refractivity contribution in [1.82, 2.24) is 9.88 Å². The minimum Gasteiger partial charge on any atom is -0.366 e. The van der Waals surface area contributed by atoms with Crippen LogP contribution < -0.4 is 5.32 Å². The van der Waals surface area contributed by atoms with Crippen LogP contribution in [-0.4, -0.2) is 35.6 Å². The van der Waals surface area contributed by atoms with Crippen LogP contribution >= 0.6 is 11.6 Å². The summed E-state index contributed by atoms with van der Waals surface area (Å²) in [6.45, 7) is 9.77. The highest BCUT2D eigenvalue weighted by Gasteiger charge is 2.10. The molecule has 0 bridgehead atoms. The van der Waals surface area contributed by atoms with Gasteiger partial charge >= 0.3 is 0 Å². The second-order valence-corrected chi connectivity index (χ2v) is 5.23. The third kappa shape index (κ3) is 4.99. The highest BCUT2D eigenvalue weighted by molar-refractivity contribution is 6.34. The van der Waals surface area contributed by atoms with Crippen LogP contribution in [-0.2, 0) is 0 Å². The van der Waals surface area contributed by atoms with E-state index in [1.807, 2.05) is 0 Å². The number of nitrogens with zero attached hydrogens (tertiary/aromatic N) is 3. The highest BCUT2D eigenvalue weighted by atomic mass is 35.5. The van der Waals surface area contributed by atoms with Gasteiger partial charge in [0.25, 0.3) is 0 Å². The van der Waals surface area contributed by atoms with Crippen molar-refractivity contribution < 1.29 is 0 Å². The van der Waals surface area contributed by atoms with Crippen LogP contribution in [0.25, 0.3) is 0 Å². The lowest BCUT2D eigenvalue weighted by Crippen LogP contribution is -2.25. The van der Waals surface area contributed by atoms with Crippen LogP contribution in [0.1, 0.15) is 39.2 Å². The first-order chi connectivity index (χ1) is 9.62. The summed E-state index contributed by atoms with van der Waals surface area (Å²) in [5.74, 6) is 0.598. The standard InChI is InChI=1S/C15H23ClN4/c1-4-20(5-2)10-6-7-12(3)19-15-14(16)13(11-17)8-9-18-15/h8-9,12H,4-7,10H2,1-3H3,(H,18,19). The fourth-order valence-corrected chi connectivity index (χ4v) is 2.31. The average molecular weight is 295 g/mol. The maximum absolute atomic E-state index is 8.94. The lowest BCUT2D eigenvalue weighted by Gasteiger charge is -2.20. The largest absolute Gasteiger partial charge is 0.366 e. The van der Waals surface area contributed by atoms with Crippen molar-refractivity contribution in [2.75, 3.05) is 25.0 Å². The highest BCUT2D eigenvalue weighted by Crippen LogP contribution is 2.23. The summed E-state index contributed by atoms with van der Waals surface area (Å²) in [4.78, 5) is 6.61. The predicted molar refractivity (Wildman–Crippen MR) is 84.1 cm³/mol. The van der Waals surface area contributed by atoms with Crippen LogP contribution in [0.2, 0.25) is 5.02 Å². The lowest BCUT2D eigenvalue weighted by atomic mass is 10.1. The number of hydrogen-bond donors (Lipinski definition) is 1. The molecule has 0 amide bonds. The Morgan fingerprint density at radius 1 is 1.45 bits per heavy atom. The monoisotopic (exact) mass is 294 g/mol. The molecule has 0 fully saturated rings. The second kappa shape index (κ2) is 8.78. The number of halogens is 1. The molecule has 0 aliphatic heterocycles. The third-order valence-electron chi connectivity index (χ3n) is 3.40. The number of hydrogen-bond acceptors (Lipinski definition) is 4. The molecule has 0 spiro atoms. The molecule has 1 rings (SSSR count). The minimum absolute atomic E-state index is 0.282. The lowest BCUT2D eigenvalue weighted by molar-refractivity contribution is 0.295. The van der Waals surface area contributed by atoms with Gasteiger partial charge in [-0.3, -0.25) is 0 Å². The number of nitrogens with one attached hydrogen (secondary N) is 1. The molecular weight excluding hydrogens is 272 g/mol. The van der Waals surface area contributed by atoms with E-state index in [0.29, 0.717) is 16.4 Å². The molecule has 0 aliphatic rings. The van der Waals surface area contributed by atoms with Crippen molar-refractivity contribution in [1.29, 1.82) is 5.26 Å². The van der Waals surface area contributed by atoms with Crippen LogP contribution in [0.3, 0.4) is 0 Å². The molecule has 1 aromatic rings. The van der Waals surface area contributed by atoms with Gasteiger partial charge in [0.15, 0.2) is 0 Å². The zero-order valence-electron chi connectivity index (χ0n) is 12.5. The fraction of sp³-hybridized carbons (Fsp3) is 0.600. The van der Waals surface area contributed by atoms with Gasteiger partial charge in [-0.15, -0.1) is 0 Å². The molecule has 20 heavy (non-hydrogen) atoms. The third-order valence-corrected chi connectivity index (χ3v) is 3.78. The Morgan fingerprint density at radius 2 is 2.15 bits per heavy atom. The maximum Gasteiger partial charge on any atom is 0.146 e. The Morgan fingerprint density at radius 3 is 2.75 bits per heavy atom. The minimum atomic E-state index is 0.282. The summed E-state index contributed by atoms with van der Waals surface area (Å²) in [6, 6.07) is 3.97. The number of nitriles is 1. The first-order valence-corrected chi connectivity index (χ1v) is 7.53. The summed E-state index contributed by atoms with van der Waals surface area (Å²) in [5, 5.41) is 12.6. The van der Waals surface area contributed by atoms with Gasteiger partial charge in [0.1, 0.15) is 16.9 Å². The van der Waals surface area contributed by atoms with E-state index in [9.17, 15) is 0 Å². The van der Waals surface area contributed by atoms with Crippen molar-refractivity contribution in [2.45, 2.75) is 39.7 Å². The number of pyridine rings is 1. The smallest absolute Gasteiger partial charge is 0.146 e. The van der Waals surface area contributed by atoms with E-state index in [-0.39, 0.29) is 6.04 Å². The van der Waals surface area contributed by atoms with E-state index in [4.69, 9.17) is 16.9 Å². The van der Waals surface area contributed by atoms with Crippen LogP contribution in [0, 0.1) is 11.3 Å². The molecule has 0 radical (unpaired) electrons. The van der Waals surface area contributed by atoms with Gasteiger partial charge in [-0.2, -0.15) is 5.26 Å². The van der Waals surface area contributed by atoms with Crippen molar-refractivity contribution in [3.8, 4) is 6.07 Å². The number of anilines is 1. The molecule has 1 N–H and O–H groups in total. The van der Waals surface area contributed by atoms with E-state index in [1.165, 1.54) is 0 Å². The molecule has 110 valence electrons. The molecular formula is C15H23ClN4. The van der Waals surface area contributed by atoms with Crippen molar-refractivity contribution in [3.05, 3.63) is 22.8 Å². The van der Waals surface area contributed by atoms with Gasteiger partial charge in [-0.25, -0.2) is 4.98 Å². The van der Waals surface area contributed by atoms with Crippen LogP contribution in [0.15, 0.2) is 12.3 Å². The molecule has 4 nitrogen and oxygen atoms in total. The van der Waals surface area contributed by atoms with E-state index in [1.54, 1.807) is 12.3 Å². The van der Waals surface area contributed by atoms with E-state index >= 15 is 0 Å². The SMILES string of the molecule is CCN(CC)CCCC(C)Nc1nccc(C#N)c1Cl. The van der Waals surface area contributed by atoms with E-state index in [2.05, 4.69) is 42.0 Å². The van der Waals surface area contributed by atoms with Crippen molar-refractivity contribution >= 4 is 17.4 Å². The fourth-order valence-electron chi connectivity index (χ4n) is 2.10. The molecule has 1 heterocycles. The van der Waals surface area contributed by atoms with E-state index in [0.717, 1.165) is 32.5 Å². The first kappa shape index (κ1) is 16.7. The molecule has 5 heteroatoms. The molecule has 0 saturated heterocycles. The van der Waals surface area contributed by atoms with Crippen molar-refractivity contribution in [3.63, 3.8) is 0 Å². The Bertz CT molecular complexity index is 452. The number of aromatic nitrogens is 1. The van der Waals surface area contributed by atoms with Gasteiger partial charge in [-0.1, -0.05) is 25.4 Å². The van der Waals surface area contributed by atoms with Gasteiger partial charge in [0, 0.05) is 12.2 Å². The molecule has 1 unspecified atom stereocenters. The van der Waals surface area contributed by atoms with Crippen molar-refractivity contribution in [2.24, 2.45) is 0 Å². The quantitative estimate of drug-likeness (QED) is 0.797. The van der Waals surface area contributed by atoms with Gasteiger partial charge in [0.2, 0.25) is 0 Å². The Balaban J connectivity index is 2.47. The molecule has 0 aliphatic carbocycles. The summed E-state index contributed by atoms with van der Waals surface area (Å²) in [7, 11) is 0. The zero-order chi connectivity index (χ0) is 15.0. The van der Waals surface area contributed by atoms with E-state index < -0.39 is 0 Å². The summed E-state index contributed by atoms with van der Waals surface area (Å²) in [5.41, 5.74) is 0.458. The Kier molecular flexibility index (Phi) is 7.35. The summed E-state index contributed by atoms with van der Waals surface area (Å²) in [6.07, 6.45) is 3.78. The molecule has 0 aromatic carbocycles. The molecule has 0 saturated carbocycles. The maximum atomic E-state index is 8.94. The van der Waals surface area contributed by atoms with Gasteiger partial charge < -0.3 is 10.2 Å². The van der Waals surface area contributed by atoms with Gasteiger partial charge in [-0.05, 0) is 45.5 Å². The first-order valence-electron chi connectivity index (χ1n) is 7.15. The van der Waals surface area contributed by atoms with Crippen LogP contribution in [0.5, 0.6) is 0 Å². The Hall–Kier alpha value is -1.31. The molecule has 1 aromatic heterocycles.